The van der Waals surface area contributed by atoms with Crippen molar-refractivity contribution < 1.29 is 4.79 Å². The molecule has 0 bridgehead atoms. The Morgan fingerprint density at radius 1 is 0.902 bits per heavy atom. The van der Waals surface area contributed by atoms with Gasteiger partial charge in [0.05, 0.1) is 11.7 Å². The van der Waals surface area contributed by atoms with E-state index in [4.69, 9.17) is 9.97 Å². The lowest BCUT2D eigenvalue weighted by atomic mass is 10.1. The Hall–Kier alpha value is -4.41. The molecule has 2 fully saturated rings. The zero-order valence-corrected chi connectivity index (χ0v) is 23.8. The van der Waals surface area contributed by atoms with Gasteiger partial charge in [-0.2, -0.15) is 15.1 Å². The molecule has 214 valence electrons. The summed E-state index contributed by atoms with van der Waals surface area (Å²) in [4.78, 5) is 33.6. The summed E-state index contributed by atoms with van der Waals surface area (Å²) >= 11 is 0. The average Bonchev–Trinajstić information content (AvgIpc) is 3.68. The summed E-state index contributed by atoms with van der Waals surface area (Å²) in [6.45, 7) is 9.53. The van der Waals surface area contributed by atoms with Gasteiger partial charge in [0.25, 0.3) is 0 Å². The van der Waals surface area contributed by atoms with Crippen LogP contribution in [-0.2, 0) is 6.42 Å². The molecule has 11 nitrogen and oxygen atoms in total. The van der Waals surface area contributed by atoms with Crippen molar-refractivity contribution in [2.45, 2.75) is 39.2 Å². The Bertz CT molecular complexity index is 1470. The first-order chi connectivity index (χ1) is 20.0. The van der Waals surface area contributed by atoms with Gasteiger partial charge in [-0.05, 0) is 38.7 Å². The van der Waals surface area contributed by atoms with Crippen molar-refractivity contribution in [2.24, 2.45) is 0 Å². The molecule has 41 heavy (non-hydrogen) atoms. The third-order valence-corrected chi connectivity index (χ3v) is 7.76. The number of amides is 2. The summed E-state index contributed by atoms with van der Waals surface area (Å²) in [7, 11) is 0. The molecule has 2 aliphatic heterocycles. The molecule has 0 atom stereocenters. The van der Waals surface area contributed by atoms with E-state index in [1.54, 1.807) is 0 Å². The van der Waals surface area contributed by atoms with E-state index < -0.39 is 0 Å². The summed E-state index contributed by atoms with van der Waals surface area (Å²) in [5.74, 6) is 2.99. The maximum absolute atomic E-state index is 12.8. The standard InChI is InChI=1S/C30H38N10O/c1-22(2)40-25-18-26(32-20-24(25)21-33-40)34-29-35-27(37-12-6-7-13-37)19-28(36-29)38-14-16-39(17-15-38)30(41)31-11-10-23-8-4-3-5-9-23/h3-5,8-9,18-22H,6-7,10-17H2,1-2H3,(H,31,41)(H,32,34,35,36). The minimum atomic E-state index is -0.00881. The molecular formula is C30H38N10O. The van der Waals surface area contributed by atoms with E-state index in [1.165, 1.54) is 5.56 Å². The number of benzene rings is 1. The van der Waals surface area contributed by atoms with Crippen molar-refractivity contribution in [2.75, 3.05) is 60.9 Å². The van der Waals surface area contributed by atoms with E-state index in [-0.39, 0.29) is 12.1 Å². The number of carbonyl (C=O) groups excluding carboxylic acids is 1. The molecule has 0 saturated carbocycles. The van der Waals surface area contributed by atoms with Crippen molar-refractivity contribution >= 4 is 40.3 Å². The Morgan fingerprint density at radius 2 is 1.61 bits per heavy atom. The minimum absolute atomic E-state index is 0.00881. The normalized spacial score (nSPS) is 15.6. The fraction of sp³-hybridized carbons (Fsp3) is 0.433. The third-order valence-electron chi connectivity index (χ3n) is 7.76. The number of nitrogens with one attached hydrogen (secondary N) is 2. The molecule has 0 unspecified atom stereocenters. The van der Waals surface area contributed by atoms with E-state index >= 15 is 0 Å². The number of aromatic nitrogens is 5. The summed E-state index contributed by atoms with van der Waals surface area (Å²) in [5.41, 5.74) is 2.24. The van der Waals surface area contributed by atoms with E-state index in [9.17, 15) is 4.79 Å². The van der Waals surface area contributed by atoms with Gasteiger partial charge in [-0.25, -0.2) is 9.78 Å². The maximum atomic E-state index is 12.8. The van der Waals surface area contributed by atoms with Gasteiger partial charge in [-0.15, -0.1) is 0 Å². The van der Waals surface area contributed by atoms with Gasteiger partial charge in [-0.3, -0.25) is 4.68 Å². The van der Waals surface area contributed by atoms with E-state index in [2.05, 4.69) is 62.6 Å². The second-order valence-electron chi connectivity index (χ2n) is 11.0. The number of carbonyl (C=O) groups is 1. The Morgan fingerprint density at radius 3 is 2.32 bits per heavy atom. The van der Waals surface area contributed by atoms with Crippen LogP contribution in [0.1, 0.15) is 38.3 Å². The minimum Gasteiger partial charge on any atom is -0.356 e. The number of rotatable bonds is 8. The van der Waals surface area contributed by atoms with Crippen LogP contribution in [0.15, 0.2) is 54.9 Å². The largest absolute Gasteiger partial charge is 0.356 e. The van der Waals surface area contributed by atoms with Gasteiger partial charge in [0.1, 0.15) is 17.5 Å². The van der Waals surface area contributed by atoms with E-state index in [0.29, 0.717) is 44.5 Å². The SMILES string of the molecule is CC(C)n1ncc2cnc(Nc3nc(N4CCCC4)cc(N4CCN(C(=O)NCCc5ccccc5)CC4)n3)cc21. The molecule has 0 aliphatic carbocycles. The van der Waals surface area contributed by atoms with Crippen molar-refractivity contribution in [1.82, 2.24) is 34.9 Å². The number of fused-ring (bicyclic) bond motifs is 1. The summed E-state index contributed by atoms with van der Waals surface area (Å²) < 4.78 is 1.99. The van der Waals surface area contributed by atoms with E-state index in [1.807, 2.05) is 46.2 Å². The van der Waals surface area contributed by atoms with Crippen molar-refractivity contribution in [3.8, 4) is 0 Å². The van der Waals surface area contributed by atoms with Crippen LogP contribution in [0.4, 0.5) is 28.2 Å². The predicted octanol–water partition coefficient (Wildman–Crippen LogP) is 4.22. The lowest BCUT2D eigenvalue weighted by Crippen LogP contribution is -2.52. The Labute approximate surface area is 240 Å². The smallest absolute Gasteiger partial charge is 0.317 e. The molecule has 0 radical (unpaired) electrons. The number of hydrogen-bond acceptors (Lipinski definition) is 8. The molecule has 0 spiro atoms. The van der Waals surface area contributed by atoms with Crippen molar-refractivity contribution in [3.05, 3.63) is 60.4 Å². The van der Waals surface area contributed by atoms with Crippen molar-refractivity contribution in [1.29, 1.82) is 0 Å². The average molecular weight is 555 g/mol. The van der Waals surface area contributed by atoms with Crippen LogP contribution >= 0.6 is 0 Å². The molecular weight excluding hydrogens is 516 g/mol. The second kappa shape index (κ2) is 12.0. The van der Waals surface area contributed by atoms with Crippen LogP contribution in [0, 0.1) is 0 Å². The fourth-order valence-electron chi connectivity index (χ4n) is 5.49. The summed E-state index contributed by atoms with van der Waals surface area (Å²) in [6, 6.07) is 14.5. The number of pyridine rings is 1. The monoisotopic (exact) mass is 554 g/mol. The fourth-order valence-corrected chi connectivity index (χ4v) is 5.49. The zero-order chi connectivity index (χ0) is 28.2. The van der Waals surface area contributed by atoms with Crippen molar-refractivity contribution in [3.63, 3.8) is 0 Å². The lowest BCUT2D eigenvalue weighted by molar-refractivity contribution is 0.194. The molecule has 4 aromatic rings. The molecule has 2 N–H and O–H groups in total. The highest BCUT2D eigenvalue weighted by Gasteiger charge is 2.24. The maximum Gasteiger partial charge on any atom is 0.317 e. The molecule has 6 rings (SSSR count). The molecule has 2 amide bonds. The van der Waals surface area contributed by atoms with Gasteiger partial charge in [0.15, 0.2) is 0 Å². The first-order valence-corrected chi connectivity index (χ1v) is 14.6. The molecule has 2 saturated heterocycles. The Kier molecular flexibility index (Phi) is 7.84. The summed E-state index contributed by atoms with van der Waals surface area (Å²) in [6.07, 6.45) is 6.83. The van der Waals surface area contributed by atoms with Gasteiger partial charge >= 0.3 is 6.03 Å². The number of hydrogen-bond donors (Lipinski definition) is 2. The first kappa shape index (κ1) is 26.8. The molecule has 2 aliphatic rings. The predicted molar refractivity (Wildman–Crippen MR) is 162 cm³/mol. The molecule has 11 heteroatoms. The topological polar surface area (TPSA) is 107 Å². The lowest BCUT2D eigenvalue weighted by Gasteiger charge is -2.35. The van der Waals surface area contributed by atoms with Crippen LogP contribution < -0.4 is 20.4 Å². The van der Waals surface area contributed by atoms with Gasteiger partial charge < -0.3 is 25.3 Å². The quantitative estimate of drug-likeness (QED) is 0.333. The van der Waals surface area contributed by atoms with Crippen LogP contribution in [0.5, 0.6) is 0 Å². The molecule has 5 heterocycles. The summed E-state index contributed by atoms with van der Waals surface area (Å²) in [5, 5.41) is 11.9. The number of anilines is 4. The van der Waals surface area contributed by atoms with Crippen LogP contribution in [-0.4, -0.2) is 81.5 Å². The van der Waals surface area contributed by atoms with Crippen LogP contribution in [0.25, 0.3) is 10.9 Å². The number of urea groups is 1. The highest BCUT2D eigenvalue weighted by Crippen LogP contribution is 2.27. The molecule has 1 aromatic carbocycles. The molecule has 3 aromatic heterocycles. The van der Waals surface area contributed by atoms with Crippen LogP contribution in [0.3, 0.4) is 0 Å². The van der Waals surface area contributed by atoms with Gasteiger partial charge in [-0.1, -0.05) is 30.3 Å². The second-order valence-corrected chi connectivity index (χ2v) is 11.0. The third kappa shape index (κ3) is 6.18. The van der Waals surface area contributed by atoms with Gasteiger partial charge in [0.2, 0.25) is 5.95 Å². The highest BCUT2D eigenvalue weighted by atomic mass is 16.2. The Balaban J connectivity index is 1.14. The first-order valence-electron chi connectivity index (χ1n) is 14.6. The number of piperazine rings is 1. The highest BCUT2D eigenvalue weighted by molar-refractivity contribution is 5.81. The van der Waals surface area contributed by atoms with Crippen LogP contribution in [0.2, 0.25) is 0 Å². The van der Waals surface area contributed by atoms with Gasteiger partial charge in [0, 0.05) is 75.6 Å². The van der Waals surface area contributed by atoms with E-state index in [0.717, 1.165) is 54.9 Å². The zero-order valence-electron chi connectivity index (χ0n) is 23.8. The number of nitrogens with zero attached hydrogens (tertiary/aromatic N) is 8.